The highest BCUT2D eigenvalue weighted by Gasteiger charge is 2.15. The number of hydrogen-bond donors (Lipinski definition) is 0. The molecule has 0 aromatic heterocycles. The van der Waals surface area contributed by atoms with E-state index in [9.17, 15) is 0 Å². The van der Waals surface area contributed by atoms with Crippen molar-refractivity contribution in [2.45, 2.75) is 69.2 Å². The zero-order valence-corrected chi connectivity index (χ0v) is 15.6. The van der Waals surface area contributed by atoms with Gasteiger partial charge in [0.25, 0.3) is 0 Å². The fraction of sp³-hybridized carbons (Fsp3) is 1.00. The van der Waals surface area contributed by atoms with Crippen LogP contribution in [0.25, 0.3) is 0 Å². The molecule has 0 aliphatic heterocycles. The van der Waals surface area contributed by atoms with Crippen molar-refractivity contribution in [1.29, 1.82) is 0 Å². The molecule has 0 heterocycles. The van der Waals surface area contributed by atoms with Crippen molar-refractivity contribution in [3.63, 3.8) is 0 Å². The van der Waals surface area contributed by atoms with Crippen molar-refractivity contribution in [2.24, 2.45) is 5.41 Å². The summed E-state index contributed by atoms with van der Waals surface area (Å²) in [5, 5.41) is 0. The van der Waals surface area contributed by atoms with E-state index >= 15 is 0 Å². The van der Waals surface area contributed by atoms with Gasteiger partial charge in [0, 0.05) is 19.6 Å². The van der Waals surface area contributed by atoms with E-state index in [1.54, 1.807) is 0 Å². The average Bonchev–Trinajstić information content (AvgIpc) is 2.41. The highest BCUT2D eigenvalue weighted by Crippen LogP contribution is 2.14. The molecule has 0 bridgehead atoms. The molecule has 0 atom stereocenters. The molecule has 120 valence electrons. The Morgan fingerprint density at radius 3 is 1.21 bits per heavy atom. The van der Waals surface area contributed by atoms with E-state index in [1.165, 1.54) is 39.3 Å². The van der Waals surface area contributed by atoms with Gasteiger partial charge in [-0.3, -0.25) is 0 Å². The SMILES string of the molecule is CC.CC.CCN(CC)CCN(CC)CC(C)(C)C. The second kappa shape index (κ2) is 16.0. The number of likely N-dealkylation sites (N-methyl/N-ethyl adjacent to an activating group) is 2. The van der Waals surface area contributed by atoms with Gasteiger partial charge >= 0.3 is 0 Å². The molecule has 0 aromatic rings. The first-order chi connectivity index (χ1) is 8.92. The summed E-state index contributed by atoms with van der Waals surface area (Å²) in [5.41, 5.74) is 0.416. The number of nitrogens with zero attached hydrogens (tertiary/aromatic N) is 2. The van der Waals surface area contributed by atoms with E-state index in [2.05, 4.69) is 51.3 Å². The largest absolute Gasteiger partial charge is 0.303 e. The Kier molecular flexibility index (Phi) is 20.2. The molecular formula is C17H42N2. The van der Waals surface area contributed by atoms with Crippen LogP contribution in [0, 0.1) is 5.41 Å². The van der Waals surface area contributed by atoms with Gasteiger partial charge in [-0.1, -0.05) is 69.2 Å². The molecule has 0 unspecified atom stereocenters. The van der Waals surface area contributed by atoms with Crippen molar-refractivity contribution in [2.75, 3.05) is 39.3 Å². The molecular weight excluding hydrogens is 232 g/mol. The van der Waals surface area contributed by atoms with Crippen LogP contribution in [0.1, 0.15) is 69.2 Å². The van der Waals surface area contributed by atoms with Gasteiger partial charge in [-0.05, 0) is 25.0 Å². The Hall–Kier alpha value is -0.0800. The molecule has 0 spiro atoms. The predicted molar refractivity (Wildman–Crippen MR) is 92.1 cm³/mol. The minimum absolute atomic E-state index is 0.416. The number of hydrogen-bond acceptors (Lipinski definition) is 2. The Bertz CT molecular complexity index is 146. The highest BCUT2D eigenvalue weighted by molar-refractivity contribution is 4.69. The summed E-state index contributed by atoms with van der Waals surface area (Å²) in [6.45, 7) is 28.8. The van der Waals surface area contributed by atoms with Crippen LogP contribution in [0.2, 0.25) is 0 Å². The van der Waals surface area contributed by atoms with Crippen LogP contribution in [0.5, 0.6) is 0 Å². The number of rotatable bonds is 7. The monoisotopic (exact) mass is 274 g/mol. The maximum Gasteiger partial charge on any atom is 0.0109 e. The van der Waals surface area contributed by atoms with Crippen molar-refractivity contribution >= 4 is 0 Å². The molecule has 0 aromatic carbocycles. The van der Waals surface area contributed by atoms with Crippen LogP contribution in [0.15, 0.2) is 0 Å². The summed E-state index contributed by atoms with van der Waals surface area (Å²) in [5.74, 6) is 0. The molecule has 0 rings (SSSR count). The van der Waals surface area contributed by atoms with Crippen LogP contribution in [0.4, 0.5) is 0 Å². The van der Waals surface area contributed by atoms with Crippen LogP contribution < -0.4 is 0 Å². The lowest BCUT2D eigenvalue weighted by Crippen LogP contribution is -2.39. The Morgan fingerprint density at radius 1 is 0.632 bits per heavy atom. The Morgan fingerprint density at radius 2 is 0.947 bits per heavy atom. The highest BCUT2D eigenvalue weighted by atomic mass is 15.2. The van der Waals surface area contributed by atoms with Crippen molar-refractivity contribution in [3.8, 4) is 0 Å². The second-order valence-electron chi connectivity index (χ2n) is 5.46. The molecule has 0 saturated carbocycles. The average molecular weight is 275 g/mol. The first-order valence-electron chi connectivity index (χ1n) is 8.37. The molecule has 0 saturated heterocycles. The van der Waals surface area contributed by atoms with E-state index < -0.39 is 0 Å². The van der Waals surface area contributed by atoms with Crippen LogP contribution >= 0.6 is 0 Å². The van der Waals surface area contributed by atoms with Crippen molar-refractivity contribution < 1.29 is 0 Å². The molecule has 19 heavy (non-hydrogen) atoms. The van der Waals surface area contributed by atoms with Gasteiger partial charge in [0.15, 0.2) is 0 Å². The van der Waals surface area contributed by atoms with Gasteiger partial charge in [-0.2, -0.15) is 0 Å². The fourth-order valence-electron chi connectivity index (χ4n) is 1.84. The third-order valence-electron chi connectivity index (χ3n) is 2.77. The standard InChI is InChI=1S/C13H30N2.2C2H6/c1-7-14(8-2)10-11-15(9-3)12-13(4,5)6;2*1-2/h7-12H2,1-6H3;2*1-2H3. The molecule has 0 N–H and O–H groups in total. The minimum Gasteiger partial charge on any atom is -0.303 e. The fourth-order valence-corrected chi connectivity index (χ4v) is 1.84. The van der Waals surface area contributed by atoms with Gasteiger partial charge < -0.3 is 9.80 Å². The lowest BCUT2D eigenvalue weighted by atomic mass is 9.96. The minimum atomic E-state index is 0.416. The zero-order valence-electron chi connectivity index (χ0n) is 15.6. The van der Waals surface area contributed by atoms with Gasteiger partial charge in [0.05, 0.1) is 0 Å². The lowest BCUT2D eigenvalue weighted by molar-refractivity contribution is 0.171. The van der Waals surface area contributed by atoms with Crippen molar-refractivity contribution in [3.05, 3.63) is 0 Å². The quantitative estimate of drug-likeness (QED) is 0.661. The van der Waals surface area contributed by atoms with E-state index in [0.29, 0.717) is 5.41 Å². The Labute approximate surface area is 124 Å². The van der Waals surface area contributed by atoms with E-state index in [0.717, 1.165) is 0 Å². The van der Waals surface area contributed by atoms with Crippen molar-refractivity contribution in [1.82, 2.24) is 9.80 Å². The molecule has 0 fully saturated rings. The van der Waals surface area contributed by atoms with E-state index in [4.69, 9.17) is 0 Å². The van der Waals surface area contributed by atoms with Gasteiger partial charge in [-0.15, -0.1) is 0 Å². The Balaban J connectivity index is -0.000000579. The van der Waals surface area contributed by atoms with E-state index in [1.807, 2.05) is 27.7 Å². The molecule has 2 heteroatoms. The summed E-state index contributed by atoms with van der Waals surface area (Å²) < 4.78 is 0. The molecule has 0 radical (unpaired) electrons. The van der Waals surface area contributed by atoms with E-state index in [-0.39, 0.29) is 0 Å². The third-order valence-corrected chi connectivity index (χ3v) is 2.77. The summed E-state index contributed by atoms with van der Waals surface area (Å²) in [6, 6.07) is 0. The van der Waals surface area contributed by atoms with Crippen LogP contribution in [-0.2, 0) is 0 Å². The summed E-state index contributed by atoms with van der Waals surface area (Å²) in [4.78, 5) is 5.05. The summed E-state index contributed by atoms with van der Waals surface area (Å²) in [6.07, 6.45) is 0. The normalized spacial score (nSPS) is 10.7. The first kappa shape index (κ1) is 24.0. The molecule has 2 nitrogen and oxygen atoms in total. The van der Waals surface area contributed by atoms with Crippen LogP contribution in [-0.4, -0.2) is 49.1 Å². The predicted octanol–water partition coefficient (Wildman–Crippen LogP) is 4.75. The lowest BCUT2D eigenvalue weighted by Gasteiger charge is -2.30. The topological polar surface area (TPSA) is 6.48 Å². The molecule has 0 aliphatic rings. The van der Waals surface area contributed by atoms with Gasteiger partial charge in [0.2, 0.25) is 0 Å². The zero-order chi connectivity index (χ0) is 15.9. The smallest absolute Gasteiger partial charge is 0.0109 e. The maximum atomic E-state index is 2.55. The summed E-state index contributed by atoms with van der Waals surface area (Å²) >= 11 is 0. The van der Waals surface area contributed by atoms with Gasteiger partial charge in [-0.25, -0.2) is 0 Å². The van der Waals surface area contributed by atoms with Gasteiger partial charge in [0.1, 0.15) is 0 Å². The third kappa shape index (κ3) is 17.9. The second-order valence-corrected chi connectivity index (χ2v) is 5.46. The summed E-state index contributed by atoms with van der Waals surface area (Å²) in [7, 11) is 0. The molecule has 0 aliphatic carbocycles. The molecule has 0 amide bonds. The first-order valence-corrected chi connectivity index (χ1v) is 8.37. The van der Waals surface area contributed by atoms with Crippen LogP contribution in [0.3, 0.4) is 0 Å². The maximum absolute atomic E-state index is 2.55.